The van der Waals surface area contributed by atoms with Gasteiger partial charge < -0.3 is 10.5 Å². The van der Waals surface area contributed by atoms with Crippen molar-refractivity contribution in [3.8, 4) is 5.88 Å². The van der Waals surface area contributed by atoms with Crippen molar-refractivity contribution >= 4 is 10.9 Å². The molecule has 0 atom stereocenters. The van der Waals surface area contributed by atoms with Gasteiger partial charge in [-0.1, -0.05) is 37.5 Å². The van der Waals surface area contributed by atoms with E-state index >= 15 is 0 Å². The van der Waals surface area contributed by atoms with Crippen molar-refractivity contribution < 1.29 is 4.74 Å². The summed E-state index contributed by atoms with van der Waals surface area (Å²) in [6, 6.07) is 12.0. The number of nitrogens with two attached hydrogens (primary N) is 1. The van der Waals surface area contributed by atoms with Crippen LogP contribution in [0, 0.1) is 0 Å². The first kappa shape index (κ1) is 12.4. The maximum absolute atomic E-state index is 6.37. The standard InChI is InChI=1S/C16H20N2O/c17-16(10-4-1-5-11-16)12-19-15-9-8-13-6-2-3-7-14(13)18-15/h2-3,6-9H,1,4-5,10-12,17H2. The molecule has 3 nitrogen and oxygen atoms in total. The third kappa shape index (κ3) is 2.87. The Morgan fingerprint density at radius 2 is 1.84 bits per heavy atom. The summed E-state index contributed by atoms with van der Waals surface area (Å²) in [7, 11) is 0. The second-order valence-corrected chi connectivity index (χ2v) is 5.55. The minimum Gasteiger partial charge on any atom is -0.476 e. The van der Waals surface area contributed by atoms with Gasteiger partial charge in [-0.15, -0.1) is 0 Å². The highest BCUT2D eigenvalue weighted by Gasteiger charge is 2.28. The molecule has 2 N–H and O–H groups in total. The average molecular weight is 256 g/mol. The molecule has 1 aliphatic carbocycles. The third-order valence-electron chi connectivity index (χ3n) is 3.93. The Labute approximate surface area is 113 Å². The number of aromatic nitrogens is 1. The molecule has 1 aliphatic rings. The maximum Gasteiger partial charge on any atom is 0.213 e. The highest BCUT2D eigenvalue weighted by molar-refractivity contribution is 5.78. The van der Waals surface area contributed by atoms with Crippen molar-refractivity contribution in [1.29, 1.82) is 0 Å². The zero-order valence-electron chi connectivity index (χ0n) is 11.1. The van der Waals surface area contributed by atoms with E-state index in [1.54, 1.807) is 0 Å². The van der Waals surface area contributed by atoms with E-state index in [1.165, 1.54) is 19.3 Å². The normalized spacial score (nSPS) is 18.4. The Morgan fingerprint density at radius 3 is 2.68 bits per heavy atom. The van der Waals surface area contributed by atoms with Gasteiger partial charge in [-0.05, 0) is 25.0 Å². The summed E-state index contributed by atoms with van der Waals surface area (Å²) in [5.41, 5.74) is 7.17. The minimum atomic E-state index is -0.161. The zero-order chi connectivity index (χ0) is 13.1. The molecule has 19 heavy (non-hydrogen) atoms. The summed E-state index contributed by atoms with van der Waals surface area (Å²) < 4.78 is 5.82. The minimum absolute atomic E-state index is 0.161. The summed E-state index contributed by atoms with van der Waals surface area (Å²) >= 11 is 0. The Morgan fingerprint density at radius 1 is 1.05 bits per heavy atom. The van der Waals surface area contributed by atoms with Crippen LogP contribution in [0.2, 0.25) is 0 Å². The van der Waals surface area contributed by atoms with E-state index in [0.29, 0.717) is 12.5 Å². The second kappa shape index (κ2) is 5.17. The van der Waals surface area contributed by atoms with Crippen molar-refractivity contribution in [2.24, 2.45) is 5.73 Å². The van der Waals surface area contributed by atoms with Gasteiger partial charge >= 0.3 is 0 Å². The van der Waals surface area contributed by atoms with Crippen LogP contribution < -0.4 is 10.5 Å². The molecule has 3 rings (SSSR count). The molecule has 1 heterocycles. The largest absolute Gasteiger partial charge is 0.476 e. The molecule has 1 saturated carbocycles. The van der Waals surface area contributed by atoms with E-state index in [-0.39, 0.29) is 5.54 Å². The molecular formula is C16H20N2O. The monoisotopic (exact) mass is 256 g/mol. The number of ether oxygens (including phenoxy) is 1. The molecule has 0 saturated heterocycles. The number of benzene rings is 1. The molecule has 0 radical (unpaired) electrons. The Kier molecular flexibility index (Phi) is 3.38. The fourth-order valence-corrected chi connectivity index (χ4v) is 2.75. The molecule has 1 aromatic heterocycles. The molecule has 0 bridgehead atoms. The van der Waals surface area contributed by atoms with E-state index in [9.17, 15) is 0 Å². The first-order valence-electron chi connectivity index (χ1n) is 7.03. The molecule has 1 fully saturated rings. The van der Waals surface area contributed by atoms with Gasteiger partial charge in [0.15, 0.2) is 0 Å². The number of hydrogen-bond acceptors (Lipinski definition) is 3. The third-order valence-corrected chi connectivity index (χ3v) is 3.93. The van der Waals surface area contributed by atoms with Gasteiger partial charge in [0, 0.05) is 11.5 Å². The maximum atomic E-state index is 6.37. The predicted octanol–water partition coefficient (Wildman–Crippen LogP) is 3.28. The first-order chi connectivity index (χ1) is 9.25. The van der Waals surface area contributed by atoms with Crippen molar-refractivity contribution in [3.05, 3.63) is 36.4 Å². The molecular weight excluding hydrogens is 236 g/mol. The van der Waals surface area contributed by atoms with E-state index in [1.807, 2.05) is 30.3 Å². The summed E-state index contributed by atoms with van der Waals surface area (Å²) in [5.74, 6) is 0.675. The number of fused-ring (bicyclic) bond motifs is 1. The molecule has 0 aliphatic heterocycles. The molecule has 100 valence electrons. The van der Waals surface area contributed by atoms with Crippen molar-refractivity contribution in [2.45, 2.75) is 37.6 Å². The molecule has 2 aromatic rings. The number of hydrogen-bond donors (Lipinski definition) is 1. The second-order valence-electron chi connectivity index (χ2n) is 5.55. The average Bonchev–Trinajstić information content (AvgIpc) is 2.46. The predicted molar refractivity (Wildman–Crippen MR) is 77.2 cm³/mol. The van der Waals surface area contributed by atoms with Crippen molar-refractivity contribution in [3.63, 3.8) is 0 Å². The van der Waals surface area contributed by atoms with Gasteiger partial charge in [-0.2, -0.15) is 0 Å². The molecule has 0 unspecified atom stereocenters. The molecule has 0 spiro atoms. The smallest absolute Gasteiger partial charge is 0.213 e. The van der Waals surface area contributed by atoms with Crippen LogP contribution in [0.3, 0.4) is 0 Å². The fraction of sp³-hybridized carbons (Fsp3) is 0.438. The van der Waals surface area contributed by atoms with Crippen LogP contribution in [0.5, 0.6) is 5.88 Å². The highest BCUT2D eigenvalue weighted by atomic mass is 16.5. The lowest BCUT2D eigenvalue weighted by molar-refractivity contribution is 0.169. The van der Waals surface area contributed by atoms with Crippen LogP contribution in [-0.4, -0.2) is 17.1 Å². The van der Waals surface area contributed by atoms with E-state index in [0.717, 1.165) is 23.7 Å². The zero-order valence-corrected chi connectivity index (χ0v) is 11.1. The Hall–Kier alpha value is -1.61. The Balaban J connectivity index is 1.71. The van der Waals surface area contributed by atoms with Crippen molar-refractivity contribution in [1.82, 2.24) is 4.98 Å². The van der Waals surface area contributed by atoms with Crippen LogP contribution in [0.15, 0.2) is 36.4 Å². The van der Waals surface area contributed by atoms with E-state index in [4.69, 9.17) is 10.5 Å². The first-order valence-corrected chi connectivity index (χ1v) is 7.03. The van der Waals surface area contributed by atoms with Crippen LogP contribution in [0.25, 0.3) is 10.9 Å². The molecule has 1 aromatic carbocycles. The van der Waals surface area contributed by atoms with Gasteiger partial charge in [0.2, 0.25) is 5.88 Å². The van der Waals surface area contributed by atoms with Gasteiger partial charge in [0.05, 0.1) is 11.1 Å². The fourth-order valence-electron chi connectivity index (χ4n) is 2.75. The number of para-hydroxylation sites is 1. The number of rotatable bonds is 3. The van der Waals surface area contributed by atoms with Gasteiger partial charge in [-0.25, -0.2) is 4.98 Å². The topological polar surface area (TPSA) is 48.1 Å². The van der Waals surface area contributed by atoms with Crippen LogP contribution in [0.1, 0.15) is 32.1 Å². The highest BCUT2D eigenvalue weighted by Crippen LogP contribution is 2.26. The van der Waals surface area contributed by atoms with Crippen molar-refractivity contribution in [2.75, 3.05) is 6.61 Å². The van der Waals surface area contributed by atoms with Gasteiger partial charge in [-0.3, -0.25) is 0 Å². The number of pyridine rings is 1. The summed E-state index contributed by atoms with van der Waals surface area (Å²) in [5, 5.41) is 1.13. The quantitative estimate of drug-likeness (QED) is 0.916. The number of nitrogens with zero attached hydrogens (tertiary/aromatic N) is 1. The van der Waals surface area contributed by atoms with Crippen LogP contribution >= 0.6 is 0 Å². The van der Waals surface area contributed by atoms with E-state index < -0.39 is 0 Å². The summed E-state index contributed by atoms with van der Waals surface area (Å²) in [6.07, 6.45) is 5.84. The summed E-state index contributed by atoms with van der Waals surface area (Å²) in [6.45, 7) is 0.568. The van der Waals surface area contributed by atoms with E-state index in [2.05, 4.69) is 11.1 Å². The SMILES string of the molecule is NC1(COc2ccc3ccccc3n2)CCCCC1. The Bertz CT molecular complexity index is 561. The van der Waals surface area contributed by atoms with Crippen LogP contribution in [0.4, 0.5) is 0 Å². The molecule has 3 heteroatoms. The lowest BCUT2D eigenvalue weighted by atomic mass is 9.83. The molecule has 0 amide bonds. The lowest BCUT2D eigenvalue weighted by Gasteiger charge is -2.32. The lowest BCUT2D eigenvalue weighted by Crippen LogP contribution is -2.47. The summed E-state index contributed by atoms with van der Waals surface area (Å²) in [4.78, 5) is 4.51. The van der Waals surface area contributed by atoms with Gasteiger partial charge in [0.25, 0.3) is 0 Å². The van der Waals surface area contributed by atoms with Crippen LogP contribution in [-0.2, 0) is 0 Å². The van der Waals surface area contributed by atoms with Gasteiger partial charge in [0.1, 0.15) is 6.61 Å².